The second-order valence-electron chi connectivity index (χ2n) is 3.50. The van der Waals surface area contributed by atoms with Crippen molar-refractivity contribution in [2.75, 3.05) is 17.3 Å². The zero-order valence-electron chi connectivity index (χ0n) is 9.60. The number of rotatable bonds is 6. The Balaban J connectivity index is 2.61. The number of hydrogen-bond acceptors (Lipinski definition) is 3. The summed E-state index contributed by atoms with van der Waals surface area (Å²) in [6.07, 6.45) is 3.19. The highest BCUT2D eigenvalue weighted by molar-refractivity contribution is 7.98. The summed E-state index contributed by atoms with van der Waals surface area (Å²) in [7, 11) is 0. The molecule has 1 amide bonds. The molecule has 0 aliphatic heterocycles. The van der Waals surface area contributed by atoms with E-state index in [-0.39, 0.29) is 11.5 Å². The minimum atomic E-state index is -1.04. The number of hydrogen-bond donors (Lipinski definition) is 2. The van der Waals surface area contributed by atoms with E-state index in [1.54, 1.807) is 30.0 Å². The number of carbonyl (C=O) groups is 2. The predicted molar refractivity (Wildman–Crippen MR) is 69.6 cm³/mol. The van der Waals surface area contributed by atoms with Crippen LogP contribution >= 0.6 is 11.8 Å². The molecule has 0 saturated carbocycles. The summed E-state index contributed by atoms with van der Waals surface area (Å²) in [6.45, 7) is 0. The maximum atomic E-state index is 11.5. The van der Waals surface area contributed by atoms with Gasteiger partial charge in [-0.05, 0) is 30.6 Å². The lowest BCUT2D eigenvalue weighted by Crippen LogP contribution is -2.14. The van der Waals surface area contributed by atoms with Gasteiger partial charge in [-0.25, -0.2) is 4.79 Å². The van der Waals surface area contributed by atoms with Crippen LogP contribution in [0, 0.1) is 0 Å². The molecule has 0 saturated heterocycles. The third-order valence-corrected chi connectivity index (χ3v) is 2.88. The number of para-hydroxylation sites is 1. The van der Waals surface area contributed by atoms with Crippen LogP contribution in [0.3, 0.4) is 0 Å². The lowest BCUT2D eigenvalue weighted by Gasteiger charge is -2.07. The standard InChI is InChI=1S/C12H15NO3S/c1-17-8-4-7-11(14)13-10-6-3-2-5-9(10)12(15)16/h2-3,5-6H,4,7-8H2,1H3,(H,13,14)(H,15,16). The van der Waals surface area contributed by atoms with E-state index in [9.17, 15) is 9.59 Å². The van der Waals surface area contributed by atoms with Gasteiger partial charge in [0, 0.05) is 6.42 Å². The first-order chi connectivity index (χ1) is 8.15. The highest BCUT2D eigenvalue weighted by atomic mass is 32.2. The van der Waals surface area contributed by atoms with E-state index in [1.807, 2.05) is 6.26 Å². The van der Waals surface area contributed by atoms with Crippen LogP contribution in [-0.2, 0) is 4.79 Å². The van der Waals surface area contributed by atoms with E-state index >= 15 is 0 Å². The Labute approximate surface area is 104 Å². The van der Waals surface area contributed by atoms with Gasteiger partial charge in [-0.3, -0.25) is 4.79 Å². The molecule has 17 heavy (non-hydrogen) atoms. The van der Waals surface area contributed by atoms with Gasteiger partial charge in [0.2, 0.25) is 5.91 Å². The molecule has 0 aliphatic carbocycles. The van der Waals surface area contributed by atoms with E-state index in [2.05, 4.69) is 5.32 Å². The summed E-state index contributed by atoms with van der Waals surface area (Å²) in [6, 6.07) is 6.40. The molecule has 0 bridgehead atoms. The summed E-state index contributed by atoms with van der Waals surface area (Å²) in [5.74, 6) is -0.258. The number of carboxylic acids is 1. The number of nitrogens with one attached hydrogen (secondary N) is 1. The molecule has 92 valence electrons. The molecule has 0 radical (unpaired) electrons. The fourth-order valence-electron chi connectivity index (χ4n) is 1.37. The number of aromatic carboxylic acids is 1. The molecule has 5 heteroatoms. The lowest BCUT2D eigenvalue weighted by atomic mass is 10.1. The van der Waals surface area contributed by atoms with Gasteiger partial charge in [0.1, 0.15) is 0 Å². The van der Waals surface area contributed by atoms with Crippen molar-refractivity contribution in [3.05, 3.63) is 29.8 Å². The molecule has 4 nitrogen and oxygen atoms in total. The van der Waals surface area contributed by atoms with Crippen molar-refractivity contribution in [1.29, 1.82) is 0 Å². The van der Waals surface area contributed by atoms with Crippen LogP contribution < -0.4 is 5.32 Å². The second-order valence-corrected chi connectivity index (χ2v) is 4.48. The molecule has 0 aromatic heterocycles. The van der Waals surface area contributed by atoms with Crippen LogP contribution in [0.5, 0.6) is 0 Å². The Morgan fingerprint density at radius 3 is 2.71 bits per heavy atom. The third kappa shape index (κ3) is 4.48. The van der Waals surface area contributed by atoms with Crippen molar-refractivity contribution in [2.24, 2.45) is 0 Å². The van der Waals surface area contributed by atoms with Gasteiger partial charge in [0.05, 0.1) is 11.3 Å². The fourth-order valence-corrected chi connectivity index (χ4v) is 1.80. The van der Waals surface area contributed by atoms with Crippen LogP contribution in [0.4, 0.5) is 5.69 Å². The molecule has 1 aromatic rings. The monoisotopic (exact) mass is 253 g/mol. The molecule has 0 heterocycles. The molecule has 1 rings (SSSR count). The summed E-state index contributed by atoms with van der Waals surface area (Å²) in [5, 5.41) is 11.6. The first-order valence-corrected chi connectivity index (χ1v) is 6.65. The van der Waals surface area contributed by atoms with Crippen LogP contribution in [-0.4, -0.2) is 29.0 Å². The molecule has 0 spiro atoms. The third-order valence-electron chi connectivity index (χ3n) is 2.18. The average Bonchev–Trinajstić information content (AvgIpc) is 2.29. The van der Waals surface area contributed by atoms with E-state index in [4.69, 9.17) is 5.11 Å². The van der Waals surface area contributed by atoms with E-state index in [1.165, 1.54) is 6.07 Å². The van der Waals surface area contributed by atoms with Gasteiger partial charge in [-0.15, -0.1) is 0 Å². The van der Waals surface area contributed by atoms with Crippen LogP contribution in [0.25, 0.3) is 0 Å². The molecule has 0 fully saturated rings. The average molecular weight is 253 g/mol. The predicted octanol–water partition coefficient (Wildman–Crippen LogP) is 2.47. The smallest absolute Gasteiger partial charge is 0.337 e. The quantitative estimate of drug-likeness (QED) is 0.764. The highest BCUT2D eigenvalue weighted by Crippen LogP contribution is 2.15. The molecular weight excluding hydrogens is 238 g/mol. The first kappa shape index (κ1) is 13.6. The number of benzene rings is 1. The minimum absolute atomic E-state index is 0.116. The Kier molecular flexibility index (Phi) is 5.56. The van der Waals surface area contributed by atoms with Gasteiger partial charge in [-0.1, -0.05) is 12.1 Å². The van der Waals surface area contributed by atoms with E-state index in [0.717, 1.165) is 12.2 Å². The Morgan fingerprint density at radius 2 is 2.06 bits per heavy atom. The molecule has 1 aromatic carbocycles. The van der Waals surface area contributed by atoms with Crippen molar-refractivity contribution in [1.82, 2.24) is 0 Å². The van der Waals surface area contributed by atoms with Crippen molar-refractivity contribution < 1.29 is 14.7 Å². The Bertz CT molecular complexity index is 406. The van der Waals surface area contributed by atoms with Crippen LogP contribution in [0.1, 0.15) is 23.2 Å². The summed E-state index contributed by atoms with van der Waals surface area (Å²) < 4.78 is 0. The number of carboxylic acid groups (broad SMARTS) is 1. The van der Waals surface area contributed by atoms with E-state index in [0.29, 0.717) is 12.1 Å². The summed E-state index contributed by atoms with van der Waals surface area (Å²) in [4.78, 5) is 22.5. The highest BCUT2D eigenvalue weighted by Gasteiger charge is 2.10. The maximum absolute atomic E-state index is 11.5. The topological polar surface area (TPSA) is 66.4 Å². The number of thioether (sulfide) groups is 1. The minimum Gasteiger partial charge on any atom is -0.478 e. The fraction of sp³-hybridized carbons (Fsp3) is 0.333. The normalized spacial score (nSPS) is 9.94. The molecule has 0 aliphatic rings. The zero-order valence-corrected chi connectivity index (χ0v) is 10.4. The summed E-state index contributed by atoms with van der Waals surface area (Å²) >= 11 is 1.68. The Morgan fingerprint density at radius 1 is 1.35 bits per heavy atom. The zero-order chi connectivity index (χ0) is 12.7. The Hall–Kier alpha value is -1.49. The first-order valence-electron chi connectivity index (χ1n) is 5.26. The van der Waals surface area contributed by atoms with Gasteiger partial charge in [0.25, 0.3) is 0 Å². The van der Waals surface area contributed by atoms with Gasteiger partial charge < -0.3 is 10.4 Å². The van der Waals surface area contributed by atoms with Gasteiger partial charge in [0.15, 0.2) is 0 Å². The van der Waals surface area contributed by atoms with Crippen molar-refractivity contribution in [3.63, 3.8) is 0 Å². The number of anilines is 1. The number of carbonyl (C=O) groups excluding carboxylic acids is 1. The SMILES string of the molecule is CSCCCC(=O)Nc1ccccc1C(=O)O. The largest absolute Gasteiger partial charge is 0.478 e. The molecule has 0 atom stereocenters. The van der Waals surface area contributed by atoms with Crippen LogP contribution in [0.15, 0.2) is 24.3 Å². The second kappa shape index (κ2) is 6.96. The lowest BCUT2D eigenvalue weighted by molar-refractivity contribution is -0.116. The molecular formula is C12H15NO3S. The molecule has 2 N–H and O–H groups in total. The van der Waals surface area contributed by atoms with Gasteiger partial charge in [-0.2, -0.15) is 11.8 Å². The van der Waals surface area contributed by atoms with Gasteiger partial charge >= 0.3 is 5.97 Å². The van der Waals surface area contributed by atoms with Crippen molar-refractivity contribution >= 4 is 29.3 Å². The van der Waals surface area contributed by atoms with Crippen molar-refractivity contribution in [2.45, 2.75) is 12.8 Å². The van der Waals surface area contributed by atoms with E-state index < -0.39 is 5.97 Å². The van der Waals surface area contributed by atoms with Crippen LogP contribution in [0.2, 0.25) is 0 Å². The summed E-state index contributed by atoms with van der Waals surface area (Å²) in [5.41, 5.74) is 0.472. The number of amides is 1. The van der Waals surface area contributed by atoms with Crippen molar-refractivity contribution in [3.8, 4) is 0 Å². The molecule has 0 unspecified atom stereocenters. The maximum Gasteiger partial charge on any atom is 0.337 e.